The number of benzene rings is 1. The molecule has 0 N–H and O–H groups in total. The molecule has 0 aliphatic rings. The van der Waals surface area contributed by atoms with E-state index in [4.69, 9.17) is 4.74 Å². The van der Waals surface area contributed by atoms with Crippen LogP contribution in [0.5, 0.6) is 0 Å². The standard InChI is InChI=1S/C14H20O3/c1-4-9-17-11(2)13-7-5-12(6-8-13)10-14(15)16-3/h5-8,11H,4,9-10H2,1-3H3/t11-/m0/s1. The summed E-state index contributed by atoms with van der Waals surface area (Å²) < 4.78 is 10.2. The van der Waals surface area contributed by atoms with E-state index in [0.717, 1.165) is 24.2 Å². The Bertz CT molecular complexity index is 343. The molecule has 17 heavy (non-hydrogen) atoms. The van der Waals surface area contributed by atoms with E-state index < -0.39 is 0 Å². The van der Waals surface area contributed by atoms with Crippen LogP contribution in [0.2, 0.25) is 0 Å². The predicted molar refractivity (Wildman–Crippen MR) is 66.8 cm³/mol. The molecular weight excluding hydrogens is 216 g/mol. The fraction of sp³-hybridized carbons (Fsp3) is 0.500. The predicted octanol–water partition coefficient (Wildman–Crippen LogP) is 2.89. The molecule has 0 aromatic heterocycles. The van der Waals surface area contributed by atoms with Gasteiger partial charge in [0.2, 0.25) is 0 Å². The minimum Gasteiger partial charge on any atom is -0.469 e. The van der Waals surface area contributed by atoms with Gasteiger partial charge >= 0.3 is 5.97 Å². The van der Waals surface area contributed by atoms with Crippen LogP contribution in [-0.4, -0.2) is 19.7 Å². The average molecular weight is 236 g/mol. The fourth-order valence-corrected chi connectivity index (χ4v) is 1.54. The van der Waals surface area contributed by atoms with Crippen LogP contribution in [0.3, 0.4) is 0 Å². The van der Waals surface area contributed by atoms with Crippen molar-refractivity contribution in [1.82, 2.24) is 0 Å². The number of rotatable bonds is 6. The molecule has 0 saturated carbocycles. The lowest BCUT2D eigenvalue weighted by Gasteiger charge is -2.13. The van der Waals surface area contributed by atoms with E-state index in [-0.39, 0.29) is 12.1 Å². The second-order valence-corrected chi connectivity index (χ2v) is 4.01. The quantitative estimate of drug-likeness (QED) is 0.712. The van der Waals surface area contributed by atoms with Gasteiger partial charge in [0.25, 0.3) is 0 Å². The summed E-state index contributed by atoms with van der Waals surface area (Å²) >= 11 is 0. The Balaban J connectivity index is 2.57. The van der Waals surface area contributed by atoms with Crippen LogP contribution in [0.15, 0.2) is 24.3 Å². The van der Waals surface area contributed by atoms with E-state index in [1.54, 1.807) is 0 Å². The highest BCUT2D eigenvalue weighted by Crippen LogP contribution is 2.17. The molecule has 0 spiro atoms. The third-order valence-corrected chi connectivity index (χ3v) is 2.60. The first-order chi connectivity index (χ1) is 8.17. The Morgan fingerprint density at radius 1 is 1.29 bits per heavy atom. The maximum absolute atomic E-state index is 11.1. The highest BCUT2D eigenvalue weighted by atomic mass is 16.5. The molecule has 94 valence electrons. The summed E-state index contributed by atoms with van der Waals surface area (Å²) in [7, 11) is 1.40. The minimum absolute atomic E-state index is 0.0992. The first-order valence-corrected chi connectivity index (χ1v) is 5.94. The second kappa shape index (κ2) is 7.07. The van der Waals surface area contributed by atoms with Gasteiger partial charge < -0.3 is 9.47 Å². The maximum Gasteiger partial charge on any atom is 0.309 e. The lowest BCUT2D eigenvalue weighted by molar-refractivity contribution is -0.139. The Kier molecular flexibility index (Phi) is 5.70. The average Bonchev–Trinajstić information content (AvgIpc) is 2.36. The fourth-order valence-electron chi connectivity index (χ4n) is 1.54. The smallest absolute Gasteiger partial charge is 0.309 e. The van der Waals surface area contributed by atoms with Gasteiger partial charge in [-0.1, -0.05) is 31.2 Å². The maximum atomic E-state index is 11.1. The lowest BCUT2D eigenvalue weighted by Crippen LogP contribution is -2.05. The summed E-state index contributed by atoms with van der Waals surface area (Å²) in [6.45, 7) is 4.89. The SMILES string of the molecule is CCCO[C@@H](C)c1ccc(CC(=O)OC)cc1. The van der Waals surface area contributed by atoms with E-state index in [1.807, 2.05) is 31.2 Å². The summed E-state index contributed by atoms with van der Waals surface area (Å²) in [4.78, 5) is 11.1. The van der Waals surface area contributed by atoms with Gasteiger partial charge in [-0.15, -0.1) is 0 Å². The molecule has 0 fully saturated rings. The summed E-state index contributed by atoms with van der Waals surface area (Å²) in [5.74, 6) is -0.215. The van der Waals surface area contributed by atoms with Crippen molar-refractivity contribution in [2.45, 2.75) is 32.8 Å². The zero-order chi connectivity index (χ0) is 12.7. The molecule has 1 atom stereocenters. The van der Waals surface area contributed by atoms with Crippen molar-refractivity contribution in [1.29, 1.82) is 0 Å². The Hall–Kier alpha value is -1.35. The Morgan fingerprint density at radius 2 is 1.94 bits per heavy atom. The van der Waals surface area contributed by atoms with Gasteiger partial charge in [0.1, 0.15) is 0 Å². The van der Waals surface area contributed by atoms with Crippen molar-refractivity contribution < 1.29 is 14.3 Å². The van der Waals surface area contributed by atoms with Crippen molar-refractivity contribution in [3.05, 3.63) is 35.4 Å². The highest BCUT2D eigenvalue weighted by molar-refractivity contribution is 5.72. The molecule has 3 heteroatoms. The van der Waals surface area contributed by atoms with Gasteiger partial charge in [0.15, 0.2) is 0 Å². The Labute approximate surface area is 103 Å². The molecule has 0 aliphatic heterocycles. The van der Waals surface area contributed by atoms with Crippen LogP contribution in [-0.2, 0) is 20.7 Å². The third kappa shape index (κ3) is 4.57. The summed E-state index contributed by atoms with van der Waals surface area (Å²) in [5.41, 5.74) is 2.09. The lowest BCUT2D eigenvalue weighted by atomic mass is 10.1. The molecule has 3 nitrogen and oxygen atoms in total. The molecule has 1 rings (SSSR count). The summed E-state index contributed by atoms with van der Waals surface area (Å²) in [6.07, 6.45) is 1.44. The van der Waals surface area contributed by atoms with E-state index in [1.165, 1.54) is 7.11 Å². The van der Waals surface area contributed by atoms with Gasteiger partial charge in [0, 0.05) is 6.61 Å². The van der Waals surface area contributed by atoms with E-state index in [9.17, 15) is 4.79 Å². The van der Waals surface area contributed by atoms with Crippen LogP contribution >= 0.6 is 0 Å². The first-order valence-electron chi connectivity index (χ1n) is 5.94. The monoisotopic (exact) mass is 236 g/mol. The number of carbonyl (C=O) groups excluding carboxylic acids is 1. The van der Waals surface area contributed by atoms with Crippen LogP contribution in [0.1, 0.15) is 37.5 Å². The summed E-state index contributed by atoms with van der Waals surface area (Å²) in [6, 6.07) is 7.88. The van der Waals surface area contributed by atoms with Gasteiger partial charge in [-0.3, -0.25) is 4.79 Å². The second-order valence-electron chi connectivity index (χ2n) is 4.01. The molecule has 0 unspecified atom stereocenters. The molecule has 0 bridgehead atoms. The molecule has 0 amide bonds. The summed E-state index contributed by atoms with van der Waals surface area (Å²) in [5, 5.41) is 0. The number of methoxy groups -OCH3 is 1. The molecule has 1 aromatic rings. The first kappa shape index (κ1) is 13.7. The van der Waals surface area contributed by atoms with Crippen molar-refractivity contribution in [3.63, 3.8) is 0 Å². The number of hydrogen-bond acceptors (Lipinski definition) is 3. The molecule has 0 heterocycles. The van der Waals surface area contributed by atoms with E-state index in [2.05, 4.69) is 11.7 Å². The molecule has 0 radical (unpaired) electrons. The van der Waals surface area contributed by atoms with Gasteiger partial charge in [-0.2, -0.15) is 0 Å². The zero-order valence-electron chi connectivity index (χ0n) is 10.7. The van der Waals surface area contributed by atoms with Crippen LogP contribution in [0.4, 0.5) is 0 Å². The van der Waals surface area contributed by atoms with Gasteiger partial charge in [-0.05, 0) is 24.5 Å². The molecule has 0 aliphatic carbocycles. The van der Waals surface area contributed by atoms with Crippen molar-refractivity contribution in [3.8, 4) is 0 Å². The zero-order valence-corrected chi connectivity index (χ0v) is 10.7. The number of ether oxygens (including phenoxy) is 2. The third-order valence-electron chi connectivity index (χ3n) is 2.60. The normalized spacial score (nSPS) is 12.2. The minimum atomic E-state index is -0.215. The molecule has 0 saturated heterocycles. The molecular formula is C14H20O3. The van der Waals surface area contributed by atoms with E-state index in [0.29, 0.717) is 6.42 Å². The van der Waals surface area contributed by atoms with Crippen molar-refractivity contribution in [2.75, 3.05) is 13.7 Å². The van der Waals surface area contributed by atoms with Crippen molar-refractivity contribution >= 4 is 5.97 Å². The topological polar surface area (TPSA) is 35.5 Å². The van der Waals surface area contributed by atoms with Crippen LogP contribution in [0, 0.1) is 0 Å². The van der Waals surface area contributed by atoms with Crippen LogP contribution < -0.4 is 0 Å². The Morgan fingerprint density at radius 3 is 2.47 bits per heavy atom. The number of esters is 1. The van der Waals surface area contributed by atoms with Gasteiger partial charge in [-0.25, -0.2) is 0 Å². The van der Waals surface area contributed by atoms with Crippen LogP contribution in [0.25, 0.3) is 0 Å². The van der Waals surface area contributed by atoms with Crippen molar-refractivity contribution in [2.24, 2.45) is 0 Å². The number of carbonyl (C=O) groups is 1. The van der Waals surface area contributed by atoms with Gasteiger partial charge in [0.05, 0.1) is 19.6 Å². The largest absolute Gasteiger partial charge is 0.469 e. The highest BCUT2D eigenvalue weighted by Gasteiger charge is 2.06. The van der Waals surface area contributed by atoms with E-state index >= 15 is 0 Å². The number of hydrogen-bond donors (Lipinski definition) is 0. The molecule has 1 aromatic carbocycles.